The minimum absolute atomic E-state index is 0.238. The lowest BCUT2D eigenvalue weighted by Crippen LogP contribution is -2.43. The highest BCUT2D eigenvalue weighted by molar-refractivity contribution is 7.99. The fraction of sp³-hybridized carbons (Fsp3) is 0.941. The number of piperidine rings is 1. The summed E-state index contributed by atoms with van der Waals surface area (Å²) in [4.78, 5) is 6.95. The molecular formula is C17H36N4S. The van der Waals surface area contributed by atoms with Gasteiger partial charge in [-0.25, -0.2) is 0 Å². The molecule has 0 bridgehead atoms. The number of unbranched alkanes of at least 4 members (excludes halogenated alkanes) is 1. The summed E-state index contributed by atoms with van der Waals surface area (Å²) in [6, 6.07) is 0.782. The van der Waals surface area contributed by atoms with E-state index in [4.69, 9.17) is 0 Å². The van der Waals surface area contributed by atoms with Crippen LogP contribution in [0.2, 0.25) is 0 Å². The van der Waals surface area contributed by atoms with E-state index in [1.165, 1.54) is 45.2 Å². The van der Waals surface area contributed by atoms with E-state index < -0.39 is 0 Å². The zero-order valence-corrected chi connectivity index (χ0v) is 16.1. The predicted octanol–water partition coefficient (Wildman–Crippen LogP) is 2.95. The molecule has 0 aromatic rings. The van der Waals surface area contributed by atoms with Gasteiger partial charge in [-0.05, 0) is 65.8 Å². The molecule has 1 atom stereocenters. The molecule has 1 aliphatic rings. The fourth-order valence-corrected chi connectivity index (χ4v) is 2.94. The molecule has 0 aliphatic carbocycles. The van der Waals surface area contributed by atoms with Gasteiger partial charge in [-0.2, -0.15) is 11.8 Å². The normalized spacial score (nSPS) is 21.0. The van der Waals surface area contributed by atoms with Gasteiger partial charge in [0.2, 0.25) is 0 Å². The standard InChI is InChI=1S/C17H36N4S/c1-15-10-6-8-12-21(15)13-9-7-11-19-16(18-4)20-14-17(2,3)22-5/h15H,6-14H2,1-5H3,(H2,18,19,20). The van der Waals surface area contributed by atoms with Crippen LogP contribution in [0.3, 0.4) is 0 Å². The molecule has 1 heterocycles. The van der Waals surface area contributed by atoms with E-state index in [9.17, 15) is 0 Å². The van der Waals surface area contributed by atoms with Crippen molar-refractivity contribution in [2.24, 2.45) is 4.99 Å². The number of nitrogens with zero attached hydrogens (tertiary/aromatic N) is 2. The van der Waals surface area contributed by atoms with Crippen molar-refractivity contribution in [3.8, 4) is 0 Å². The van der Waals surface area contributed by atoms with E-state index in [1.54, 1.807) is 0 Å². The van der Waals surface area contributed by atoms with E-state index >= 15 is 0 Å². The summed E-state index contributed by atoms with van der Waals surface area (Å²) < 4.78 is 0.238. The van der Waals surface area contributed by atoms with Gasteiger partial charge in [0.1, 0.15) is 0 Å². The van der Waals surface area contributed by atoms with Crippen molar-refractivity contribution in [1.82, 2.24) is 15.5 Å². The van der Waals surface area contributed by atoms with Crippen LogP contribution in [0, 0.1) is 0 Å². The molecule has 1 unspecified atom stereocenters. The third kappa shape index (κ3) is 7.73. The van der Waals surface area contributed by atoms with Gasteiger partial charge in [-0.15, -0.1) is 0 Å². The van der Waals surface area contributed by atoms with Crippen LogP contribution < -0.4 is 10.6 Å². The first kappa shape index (κ1) is 19.6. The molecule has 22 heavy (non-hydrogen) atoms. The maximum atomic E-state index is 4.30. The van der Waals surface area contributed by atoms with Gasteiger partial charge in [-0.1, -0.05) is 6.42 Å². The van der Waals surface area contributed by atoms with Crippen LogP contribution in [0.4, 0.5) is 0 Å². The summed E-state index contributed by atoms with van der Waals surface area (Å²) in [6.45, 7) is 11.3. The Bertz CT molecular complexity index is 331. The molecule has 5 heteroatoms. The van der Waals surface area contributed by atoms with Crippen LogP contribution in [-0.4, -0.2) is 61.1 Å². The number of guanidine groups is 1. The van der Waals surface area contributed by atoms with Gasteiger partial charge >= 0.3 is 0 Å². The number of likely N-dealkylation sites (tertiary alicyclic amines) is 1. The molecule has 1 rings (SSSR count). The minimum atomic E-state index is 0.238. The summed E-state index contributed by atoms with van der Waals surface area (Å²) in [7, 11) is 1.84. The van der Waals surface area contributed by atoms with Crippen molar-refractivity contribution < 1.29 is 0 Å². The number of aliphatic imine (C=N–C) groups is 1. The molecule has 130 valence electrons. The molecule has 2 N–H and O–H groups in total. The average Bonchev–Trinajstić information content (AvgIpc) is 2.51. The molecule has 1 saturated heterocycles. The number of rotatable bonds is 8. The van der Waals surface area contributed by atoms with Crippen molar-refractivity contribution >= 4 is 17.7 Å². The van der Waals surface area contributed by atoms with Gasteiger partial charge in [-0.3, -0.25) is 4.99 Å². The van der Waals surface area contributed by atoms with E-state index in [0.717, 1.165) is 25.1 Å². The van der Waals surface area contributed by atoms with Crippen molar-refractivity contribution in [2.75, 3.05) is 39.5 Å². The second kappa shape index (κ2) is 10.4. The van der Waals surface area contributed by atoms with E-state index in [0.29, 0.717) is 0 Å². The summed E-state index contributed by atoms with van der Waals surface area (Å²) in [5, 5.41) is 6.84. The minimum Gasteiger partial charge on any atom is -0.356 e. The van der Waals surface area contributed by atoms with Gasteiger partial charge < -0.3 is 15.5 Å². The van der Waals surface area contributed by atoms with Gasteiger partial charge in [0, 0.05) is 30.9 Å². The van der Waals surface area contributed by atoms with E-state index in [-0.39, 0.29) is 4.75 Å². The monoisotopic (exact) mass is 328 g/mol. The predicted molar refractivity (Wildman–Crippen MR) is 101 cm³/mol. The van der Waals surface area contributed by atoms with Gasteiger partial charge in [0.25, 0.3) is 0 Å². The quantitative estimate of drug-likeness (QED) is 0.408. The van der Waals surface area contributed by atoms with Crippen molar-refractivity contribution in [3.05, 3.63) is 0 Å². The maximum Gasteiger partial charge on any atom is 0.191 e. The maximum absolute atomic E-state index is 4.30. The lowest BCUT2D eigenvalue weighted by atomic mass is 10.0. The number of nitrogens with one attached hydrogen (secondary N) is 2. The zero-order chi connectivity index (χ0) is 16.4. The molecule has 1 fully saturated rings. The smallest absolute Gasteiger partial charge is 0.191 e. The van der Waals surface area contributed by atoms with Crippen molar-refractivity contribution in [2.45, 2.75) is 63.7 Å². The van der Waals surface area contributed by atoms with Gasteiger partial charge in [0.15, 0.2) is 5.96 Å². The first-order valence-electron chi connectivity index (χ1n) is 8.72. The van der Waals surface area contributed by atoms with Crippen LogP contribution in [0.15, 0.2) is 4.99 Å². The van der Waals surface area contributed by atoms with Crippen molar-refractivity contribution in [3.63, 3.8) is 0 Å². The van der Waals surface area contributed by atoms with Crippen LogP contribution in [-0.2, 0) is 0 Å². The third-order valence-corrected chi connectivity index (χ3v) is 5.81. The number of thioether (sulfide) groups is 1. The van der Waals surface area contributed by atoms with E-state index in [2.05, 4.69) is 47.6 Å². The Hall–Kier alpha value is -0.420. The molecule has 0 amide bonds. The summed E-state index contributed by atoms with van der Waals surface area (Å²) in [5.41, 5.74) is 0. The van der Waals surface area contributed by atoms with Crippen LogP contribution in [0.25, 0.3) is 0 Å². The SMILES string of the molecule is CN=C(NCCCCN1CCCCC1C)NCC(C)(C)SC. The molecule has 0 aromatic carbocycles. The molecule has 4 nitrogen and oxygen atoms in total. The summed E-state index contributed by atoms with van der Waals surface area (Å²) >= 11 is 1.88. The molecule has 0 aromatic heterocycles. The lowest BCUT2D eigenvalue weighted by molar-refractivity contribution is 0.158. The highest BCUT2D eigenvalue weighted by Gasteiger charge is 2.17. The summed E-state index contributed by atoms with van der Waals surface area (Å²) in [6.07, 6.45) is 8.79. The van der Waals surface area contributed by atoms with E-state index in [1.807, 2.05) is 18.8 Å². The number of hydrogen-bond acceptors (Lipinski definition) is 3. The highest BCUT2D eigenvalue weighted by Crippen LogP contribution is 2.19. The molecule has 0 spiro atoms. The average molecular weight is 329 g/mol. The molecule has 0 saturated carbocycles. The van der Waals surface area contributed by atoms with Crippen LogP contribution in [0.1, 0.15) is 52.9 Å². The Morgan fingerprint density at radius 1 is 1.27 bits per heavy atom. The number of hydrogen-bond donors (Lipinski definition) is 2. The first-order valence-corrected chi connectivity index (χ1v) is 9.94. The fourth-order valence-electron chi connectivity index (χ4n) is 2.73. The second-order valence-electron chi connectivity index (χ2n) is 6.90. The molecule has 1 aliphatic heterocycles. The van der Waals surface area contributed by atoms with Gasteiger partial charge in [0.05, 0.1) is 0 Å². The third-order valence-electron chi connectivity index (χ3n) is 4.56. The highest BCUT2D eigenvalue weighted by atomic mass is 32.2. The molecule has 0 radical (unpaired) electrons. The second-order valence-corrected chi connectivity index (χ2v) is 8.42. The van der Waals surface area contributed by atoms with Crippen LogP contribution >= 0.6 is 11.8 Å². The Balaban J connectivity index is 2.11. The van der Waals surface area contributed by atoms with Crippen molar-refractivity contribution in [1.29, 1.82) is 0 Å². The Labute approximate surface area is 141 Å². The van der Waals surface area contributed by atoms with Crippen LogP contribution in [0.5, 0.6) is 0 Å². The Morgan fingerprint density at radius 3 is 2.68 bits per heavy atom. The topological polar surface area (TPSA) is 39.7 Å². The Morgan fingerprint density at radius 2 is 2.05 bits per heavy atom. The lowest BCUT2D eigenvalue weighted by Gasteiger charge is -2.33. The Kier molecular flexibility index (Phi) is 9.25. The molecular weight excluding hydrogens is 292 g/mol. The zero-order valence-electron chi connectivity index (χ0n) is 15.2. The largest absolute Gasteiger partial charge is 0.356 e. The summed E-state index contributed by atoms with van der Waals surface area (Å²) in [5.74, 6) is 0.925. The first-order chi connectivity index (χ1) is 10.5.